The number of phenolic OH excluding ortho intramolecular Hbond substituents is 1. The van der Waals surface area contributed by atoms with Gasteiger partial charge in [0.2, 0.25) is 0 Å². The molecule has 30 heavy (non-hydrogen) atoms. The first kappa shape index (κ1) is 20.7. The molecule has 3 aromatic rings. The zero-order chi connectivity index (χ0) is 21.3. The van der Waals surface area contributed by atoms with E-state index in [0.717, 1.165) is 11.6 Å². The number of aromatic hydroxyl groups is 1. The topological polar surface area (TPSA) is 88.3 Å². The van der Waals surface area contributed by atoms with Gasteiger partial charge in [-0.1, -0.05) is 49.0 Å². The fourth-order valence-corrected chi connectivity index (χ4v) is 2.69. The molecule has 0 heterocycles. The van der Waals surface area contributed by atoms with Crippen LogP contribution in [0.25, 0.3) is 0 Å². The predicted molar refractivity (Wildman–Crippen MR) is 113 cm³/mol. The van der Waals surface area contributed by atoms with E-state index in [1.54, 1.807) is 42.5 Å². The Kier molecular flexibility index (Phi) is 6.84. The van der Waals surface area contributed by atoms with E-state index in [1.165, 1.54) is 12.1 Å². The van der Waals surface area contributed by atoms with Crippen molar-refractivity contribution in [3.63, 3.8) is 0 Å². The molecule has 0 bridgehead atoms. The number of phenols is 1. The molecule has 0 aromatic heterocycles. The summed E-state index contributed by atoms with van der Waals surface area (Å²) in [5.41, 5.74) is 2.72. The number of rotatable bonds is 8. The van der Waals surface area contributed by atoms with Crippen LogP contribution in [0.5, 0.6) is 5.75 Å². The molecular weight excluding hydrogens is 380 g/mol. The lowest BCUT2D eigenvalue weighted by Crippen LogP contribution is -2.04. The molecule has 3 aromatic carbocycles. The summed E-state index contributed by atoms with van der Waals surface area (Å²) in [5.74, 6) is -0.838. The molecule has 0 fully saturated rings. The Morgan fingerprint density at radius 2 is 1.60 bits per heavy atom. The molecule has 0 aliphatic rings. The number of hydrogen-bond donors (Lipinski definition) is 1. The van der Waals surface area contributed by atoms with Crippen molar-refractivity contribution in [2.75, 3.05) is 6.61 Å². The first-order valence-electron chi connectivity index (χ1n) is 9.29. The Balaban J connectivity index is 1.68. The van der Waals surface area contributed by atoms with Crippen molar-refractivity contribution in [3.05, 3.63) is 102 Å². The Bertz CT molecular complexity index is 1070. The number of benzene rings is 3. The highest BCUT2D eigenvalue weighted by atomic mass is 16.5. The van der Waals surface area contributed by atoms with Crippen molar-refractivity contribution in [1.82, 2.24) is 0 Å². The SMILES string of the molecule is C=CC(=O)OCCc1ccc(/N=N/c2ccc(O)c(C(=O)c3ccccc3)c2)cc1. The van der Waals surface area contributed by atoms with Crippen LogP contribution < -0.4 is 0 Å². The third-order valence-corrected chi connectivity index (χ3v) is 4.28. The van der Waals surface area contributed by atoms with Gasteiger partial charge in [-0.05, 0) is 35.9 Å². The van der Waals surface area contributed by atoms with Crippen LogP contribution in [0, 0.1) is 0 Å². The Morgan fingerprint density at radius 1 is 0.933 bits per heavy atom. The zero-order valence-corrected chi connectivity index (χ0v) is 16.2. The molecular formula is C24H20N2O4. The molecule has 150 valence electrons. The fourth-order valence-electron chi connectivity index (χ4n) is 2.69. The van der Waals surface area contributed by atoms with Gasteiger partial charge in [-0.25, -0.2) is 4.79 Å². The van der Waals surface area contributed by atoms with Crippen LogP contribution in [0.3, 0.4) is 0 Å². The van der Waals surface area contributed by atoms with Crippen molar-refractivity contribution in [3.8, 4) is 5.75 Å². The van der Waals surface area contributed by atoms with Crippen molar-refractivity contribution < 1.29 is 19.4 Å². The van der Waals surface area contributed by atoms with Crippen LogP contribution in [-0.2, 0) is 16.0 Å². The highest BCUT2D eigenvalue weighted by Gasteiger charge is 2.14. The van der Waals surface area contributed by atoms with Gasteiger partial charge in [-0.15, -0.1) is 0 Å². The minimum atomic E-state index is -0.445. The quantitative estimate of drug-likeness (QED) is 0.240. The second-order valence-corrected chi connectivity index (χ2v) is 6.38. The van der Waals surface area contributed by atoms with E-state index in [-0.39, 0.29) is 23.7 Å². The van der Waals surface area contributed by atoms with Gasteiger partial charge in [0.15, 0.2) is 5.78 Å². The van der Waals surface area contributed by atoms with Crippen LogP contribution >= 0.6 is 0 Å². The van der Waals surface area contributed by atoms with Crippen molar-refractivity contribution in [2.24, 2.45) is 10.2 Å². The van der Waals surface area contributed by atoms with Gasteiger partial charge in [0.05, 0.1) is 23.5 Å². The van der Waals surface area contributed by atoms with Crippen molar-refractivity contribution >= 4 is 23.1 Å². The highest BCUT2D eigenvalue weighted by molar-refractivity contribution is 6.11. The monoisotopic (exact) mass is 400 g/mol. The predicted octanol–water partition coefficient (Wildman–Crippen LogP) is 5.31. The average molecular weight is 400 g/mol. The minimum absolute atomic E-state index is 0.107. The summed E-state index contributed by atoms with van der Waals surface area (Å²) in [7, 11) is 0. The summed E-state index contributed by atoms with van der Waals surface area (Å²) < 4.78 is 4.96. The lowest BCUT2D eigenvalue weighted by Gasteiger charge is -2.05. The first-order valence-corrected chi connectivity index (χ1v) is 9.29. The van der Waals surface area contributed by atoms with Gasteiger partial charge in [0.25, 0.3) is 0 Å². The number of nitrogens with zero attached hydrogens (tertiary/aromatic N) is 2. The lowest BCUT2D eigenvalue weighted by molar-refractivity contribution is -0.137. The number of ether oxygens (including phenoxy) is 1. The highest BCUT2D eigenvalue weighted by Crippen LogP contribution is 2.27. The zero-order valence-electron chi connectivity index (χ0n) is 16.2. The van der Waals surface area contributed by atoms with E-state index in [1.807, 2.05) is 18.2 Å². The summed E-state index contributed by atoms with van der Waals surface area (Å²) in [4.78, 5) is 23.6. The summed E-state index contributed by atoms with van der Waals surface area (Å²) in [6.45, 7) is 3.62. The average Bonchev–Trinajstić information content (AvgIpc) is 2.79. The Labute approximate surface area is 174 Å². The molecule has 0 radical (unpaired) electrons. The molecule has 6 heteroatoms. The molecule has 0 spiro atoms. The molecule has 3 rings (SSSR count). The minimum Gasteiger partial charge on any atom is -0.507 e. The molecule has 0 saturated carbocycles. The summed E-state index contributed by atoms with van der Waals surface area (Å²) >= 11 is 0. The molecule has 0 amide bonds. The van der Waals surface area contributed by atoms with Gasteiger partial charge in [0, 0.05) is 18.1 Å². The van der Waals surface area contributed by atoms with E-state index in [4.69, 9.17) is 4.74 Å². The number of carbonyl (C=O) groups excluding carboxylic acids is 2. The molecule has 1 N–H and O–H groups in total. The maximum absolute atomic E-state index is 12.6. The van der Waals surface area contributed by atoms with E-state index in [2.05, 4.69) is 16.8 Å². The number of hydrogen-bond acceptors (Lipinski definition) is 6. The van der Waals surface area contributed by atoms with E-state index in [9.17, 15) is 14.7 Å². The van der Waals surface area contributed by atoms with Crippen LogP contribution in [0.15, 0.2) is 95.7 Å². The third-order valence-electron chi connectivity index (χ3n) is 4.28. The fraction of sp³-hybridized carbons (Fsp3) is 0.0833. The van der Waals surface area contributed by atoms with Gasteiger partial charge >= 0.3 is 5.97 Å². The number of esters is 1. The standard InChI is InChI=1S/C24H20N2O4/c1-2-23(28)30-15-14-17-8-10-19(11-9-17)25-26-20-12-13-22(27)21(16-20)24(29)18-6-4-3-5-7-18/h2-13,16,27H,1,14-15H2/b26-25+. The van der Waals surface area contributed by atoms with Crippen LogP contribution in [0.1, 0.15) is 21.5 Å². The first-order chi connectivity index (χ1) is 14.6. The summed E-state index contributed by atoms with van der Waals surface area (Å²) in [6, 6.07) is 20.6. The summed E-state index contributed by atoms with van der Waals surface area (Å²) in [6.07, 6.45) is 1.71. The second kappa shape index (κ2) is 9.93. The largest absolute Gasteiger partial charge is 0.507 e. The van der Waals surface area contributed by atoms with Crippen LogP contribution in [0.4, 0.5) is 11.4 Å². The second-order valence-electron chi connectivity index (χ2n) is 6.38. The van der Waals surface area contributed by atoms with Gasteiger partial charge in [-0.2, -0.15) is 10.2 Å². The maximum atomic E-state index is 12.6. The normalized spacial score (nSPS) is 10.7. The summed E-state index contributed by atoms with van der Waals surface area (Å²) in [5, 5.41) is 18.4. The smallest absolute Gasteiger partial charge is 0.330 e. The number of carbonyl (C=O) groups is 2. The molecule has 0 unspecified atom stereocenters. The molecule has 0 atom stereocenters. The van der Waals surface area contributed by atoms with Crippen molar-refractivity contribution in [1.29, 1.82) is 0 Å². The van der Waals surface area contributed by atoms with Gasteiger partial charge in [-0.3, -0.25) is 4.79 Å². The molecule has 0 aliphatic heterocycles. The Morgan fingerprint density at radius 3 is 2.30 bits per heavy atom. The van der Waals surface area contributed by atoms with E-state index >= 15 is 0 Å². The maximum Gasteiger partial charge on any atom is 0.330 e. The van der Waals surface area contributed by atoms with Crippen LogP contribution in [-0.4, -0.2) is 23.5 Å². The molecule has 0 saturated heterocycles. The molecule has 0 aliphatic carbocycles. The number of ketones is 1. The Hall–Kier alpha value is -4.06. The third kappa shape index (κ3) is 5.48. The van der Waals surface area contributed by atoms with E-state index in [0.29, 0.717) is 23.4 Å². The molecule has 6 nitrogen and oxygen atoms in total. The van der Waals surface area contributed by atoms with Crippen molar-refractivity contribution in [2.45, 2.75) is 6.42 Å². The van der Waals surface area contributed by atoms with E-state index < -0.39 is 5.97 Å². The van der Waals surface area contributed by atoms with Gasteiger partial charge < -0.3 is 9.84 Å². The van der Waals surface area contributed by atoms with Crippen LogP contribution in [0.2, 0.25) is 0 Å². The number of azo groups is 1. The lowest BCUT2D eigenvalue weighted by atomic mass is 10.0. The van der Waals surface area contributed by atoms with Gasteiger partial charge in [0.1, 0.15) is 5.75 Å².